The summed E-state index contributed by atoms with van der Waals surface area (Å²) >= 11 is 0. The Bertz CT molecular complexity index is 1130. The number of carboxylic acid groups (broad SMARTS) is 1. The van der Waals surface area contributed by atoms with Crippen molar-refractivity contribution < 1.29 is 19.4 Å². The normalized spacial score (nSPS) is 14.9. The zero-order valence-corrected chi connectivity index (χ0v) is 16.4. The number of aliphatic carboxylic acids is 1. The van der Waals surface area contributed by atoms with Gasteiger partial charge in [0.15, 0.2) is 0 Å². The number of carboxylic acids is 1. The molecule has 0 bridgehead atoms. The third kappa shape index (κ3) is 3.62. The number of ether oxygens (including phenoxy) is 1. The van der Waals surface area contributed by atoms with E-state index in [2.05, 4.69) is 15.7 Å². The number of fused-ring (bicyclic) bond motifs is 1. The highest BCUT2D eigenvalue weighted by atomic mass is 16.5. The Balaban J connectivity index is 1.69. The van der Waals surface area contributed by atoms with Crippen LogP contribution in [0.25, 0.3) is 0 Å². The number of hydrogen-bond donors (Lipinski definition) is 3. The van der Waals surface area contributed by atoms with Crippen LogP contribution < -0.4 is 15.4 Å². The third-order valence-corrected chi connectivity index (χ3v) is 4.88. The summed E-state index contributed by atoms with van der Waals surface area (Å²) in [6.07, 6.45) is 2.99. The number of aromatic nitrogens is 2. The molecule has 0 aliphatic carbocycles. The average Bonchev–Trinajstić information content (AvgIpc) is 3.19. The van der Waals surface area contributed by atoms with Gasteiger partial charge in [-0.1, -0.05) is 29.8 Å². The Morgan fingerprint density at radius 3 is 2.47 bits per heavy atom. The topological polar surface area (TPSA) is 105 Å². The third-order valence-electron chi connectivity index (χ3n) is 4.88. The monoisotopic (exact) mass is 404 g/mol. The Labute approximate surface area is 172 Å². The molecule has 8 nitrogen and oxygen atoms in total. The van der Waals surface area contributed by atoms with Gasteiger partial charge < -0.3 is 20.5 Å². The second kappa shape index (κ2) is 7.75. The zero-order chi connectivity index (χ0) is 21.3. The van der Waals surface area contributed by atoms with Crippen LogP contribution in [0.5, 0.6) is 5.75 Å². The van der Waals surface area contributed by atoms with Crippen molar-refractivity contribution in [3.8, 4) is 5.75 Å². The highest BCUT2D eigenvalue weighted by Crippen LogP contribution is 2.33. The number of allylic oxidation sites excluding steroid dienone is 1. The molecule has 0 fully saturated rings. The molecule has 0 saturated heterocycles. The number of nitrogens with zero attached hydrogens (tertiary/aromatic N) is 2. The van der Waals surface area contributed by atoms with E-state index in [4.69, 9.17) is 4.74 Å². The molecule has 1 atom stereocenters. The number of methoxy groups -OCH3 is 1. The number of carbonyl (C=O) groups is 2. The van der Waals surface area contributed by atoms with Crippen LogP contribution in [0.15, 0.2) is 66.5 Å². The molecule has 0 radical (unpaired) electrons. The minimum absolute atomic E-state index is 0.0202. The summed E-state index contributed by atoms with van der Waals surface area (Å²) in [5.74, 6) is -0.493. The van der Waals surface area contributed by atoms with Crippen molar-refractivity contribution in [2.24, 2.45) is 0 Å². The van der Waals surface area contributed by atoms with E-state index in [1.165, 1.54) is 6.20 Å². The van der Waals surface area contributed by atoms with E-state index in [9.17, 15) is 14.7 Å². The summed E-state index contributed by atoms with van der Waals surface area (Å²) in [5.41, 5.74) is 2.76. The molecule has 3 N–H and O–H groups in total. The van der Waals surface area contributed by atoms with Crippen LogP contribution in [0.4, 0.5) is 11.5 Å². The lowest BCUT2D eigenvalue weighted by Crippen LogP contribution is -2.25. The zero-order valence-electron chi connectivity index (χ0n) is 16.4. The summed E-state index contributed by atoms with van der Waals surface area (Å²) in [6.45, 7) is 1.96. The maximum absolute atomic E-state index is 12.8. The molecule has 0 unspecified atom stereocenters. The summed E-state index contributed by atoms with van der Waals surface area (Å²) in [7, 11) is 1.58. The average molecular weight is 404 g/mol. The number of rotatable bonds is 5. The molecule has 2 heterocycles. The number of carbonyl (C=O) groups excluding carboxylic acids is 1. The van der Waals surface area contributed by atoms with Gasteiger partial charge in [0.2, 0.25) is 0 Å². The van der Waals surface area contributed by atoms with Crippen molar-refractivity contribution in [3.05, 3.63) is 83.2 Å². The molecular weight excluding hydrogens is 384 g/mol. The number of nitrogens with one attached hydrogen (secondary N) is 2. The van der Waals surface area contributed by atoms with Gasteiger partial charge in [-0.3, -0.25) is 4.79 Å². The smallest absolute Gasteiger partial charge is 0.352 e. The molecule has 4 rings (SSSR count). The summed E-state index contributed by atoms with van der Waals surface area (Å²) in [4.78, 5) is 24.5. The van der Waals surface area contributed by atoms with Gasteiger partial charge in [-0.25, -0.2) is 9.48 Å². The Hall–Kier alpha value is -4.07. The van der Waals surface area contributed by atoms with Crippen molar-refractivity contribution >= 4 is 23.4 Å². The molecule has 8 heteroatoms. The van der Waals surface area contributed by atoms with Gasteiger partial charge in [-0.2, -0.15) is 5.10 Å². The highest BCUT2D eigenvalue weighted by Gasteiger charge is 2.29. The first-order valence-corrected chi connectivity index (χ1v) is 9.28. The molecule has 1 aliphatic rings. The predicted molar refractivity (Wildman–Crippen MR) is 112 cm³/mol. The van der Waals surface area contributed by atoms with Crippen molar-refractivity contribution in [2.75, 3.05) is 17.7 Å². The van der Waals surface area contributed by atoms with Gasteiger partial charge in [-0.05, 0) is 42.8 Å². The number of anilines is 2. The van der Waals surface area contributed by atoms with Crippen LogP contribution in [0.2, 0.25) is 0 Å². The van der Waals surface area contributed by atoms with E-state index in [0.717, 1.165) is 11.1 Å². The standard InChI is InChI=1S/C22H20N4O4/c1-13-3-7-15(8-4-13)24-21(27)17-12-23-26-19(11-18(22(28)29)25-20(17)26)14-5-9-16(30-2)10-6-14/h3-12,19,25H,1-2H3,(H,24,27)(H,28,29)/t19-/m1/s1. The molecule has 2 aromatic carbocycles. The van der Waals surface area contributed by atoms with Crippen LogP contribution in [0.1, 0.15) is 27.5 Å². The van der Waals surface area contributed by atoms with E-state index in [1.54, 1.807) is 42.1 Å². The summed E-state index contributed by atoms with van der Waals surface area (Å²) in [6, 6.07) is 14.2. The minimum Gasteiger partial charge on any atom is -0.497 e. The van der Waals surface area contributed by atoms with Gasteiger partial charge >= 0.3 is 5.97 Å². The molecular formula is C22H20N4O4. The van der Waals surface area contributed by atoms with Crippen LogP contribution in [0, 0.1) is 6.92 Å². The first kappa shape index (κ1) is 19.3. The van der Waals surface area contributed by atoms with Gasteiger partial charge in [0.05, 0.1) is 19.3 Å². The largest absolute Gasteiger partial charge is 0.497 e. The van der Waals surface area contributed by atoms with Crippen molar-refractivity contribution in [1.29, 1.82) is 0 Å². The van der Waals surface area contributed by atoms with Crippen molar-refractivity contribution in [2.45, 2.75) is 13.0 Å². The van der Waals surface area contributed by atoms with Gasteiger partial charge in [-0.15, -0.1) is 0 Å². The van der Waals surface area contributed by atoms with Crippen molar-refractivity contribution in [1.82, 2.24) is 9.78 Å². The molecule has 0 spiro atoms. The highest BCUT2D eigenvalue weighted by molar-refractivity contribution is 6.08. The molecule has 0 saturated carbocycles. The van der Waals surface area contributed by atoms with Crippen molar-refractivity contribution in [3.63, 3.8) is 0 Å². The van der Waals surface area contributed by atoms with Gasteiger partial charge in [0.25, 0.3) is 5.91 Å². The van der Waals surface area contributed by atoms with E-state index >= 15 is 0 Å². The Kier molecular flexibility index (Phi) is 4.97. The first-order valence-electron chi connectivity index (χ1n) is 9.28. The van der Waals surface area contributed by atoms with E-state index in [0.29, 0.717) is 17.3 Å². The molecule has 1 aromatic heterocycles. The van der Waals surface area contributed by atoms with Gasteiger partial charge in [0, 0.05) is 5.69 Å². The fourth-order valence-corrected chi connectivity index (χ4v) is 3.26. The lowest BCUT2D eigenvalue weighted by Gasteiger charge is -2.24. The fourth-order valence-electron chi connectivity index (χ4n) is 3.26. The first-order chi connectivity index (χ1) is 14.5. The van der Waals surface area contributed by atoms with E-state index in [-0.39, 0.29) is 17.2 Å². The minimum atomic E-state index is -1.12. The Morgan fingerprint density at radius 1 is 1.13 bits per heavy atom. The number of benzene rings is 2. The molecule has 1 amide bonds. The summed E-state index contributed by atoms with van der Waals surface area (Å²) < 4.78 is 6.78. The second-order valence-corrected chi connectivity index (χ2v) is 6.90. The van der Waals surface area contributed by atoms with Crippen LogP contribution >= 0.6 is 0 Å². The second-order valence-electron chi connectivity index (χ2n) is 6.90. The molecule has 1 aliphatic heterocycles. The van der Waals surface area contributed by atoms with Crippen LogP contribution in [-0.2, 0) is 4.79 Å². The quantitative estimate of drug-likeness (QED) is 0.602. The maximum atomic E-state index is 12.8. The fraction of sp³-hybridized carbons (Fsp3) is 0.136. The maximum Gasteiger partial charge on any atom is 0.352 e. The molecule has 30 heavy (non-hydrogen) atoms. The molecule has 3 aromatic rings. The summed E-state index contributed by atoms with van der Waals surface area (Å²) in [5, 5.41) is 19.5. The van der Waals surface area contributed by atoms with Crippen LogP contribution in [0.3, 0.4) is 0 Å². The lowest BCUT2D eigenvalue weighted by molar-refractivity contribution is -0.132. The van der Waals surface area contributed by atoms with E-state index < -0.39 is 12.0 Å². The lowest BCUT2D eigenvalue weighted by atomic mass is 10.0. The SMILES string of the molecule is COc1ccc([C@H]2C=C(C(=O)O)Nc3c(C(=O)Nc4ccc(C)cc4)cnn32)cc1. The molecule has 152 valence electrons. The number of amides is 1. The predicted octanol–water partition coefficient (Wildman–Crippen LogP) is 3.44. The number of hydrogen-bond acceptors (Lipinski definition) is 5. The van der Waals surface area contributed by atoms with E-state index in [1.807, 2.05) is 31.2 Å². The number of aryl methyl sites for hydroxylation is 1. The Morgan fingerprint density at radius 2 is 1.83 bits per heavy atom. The van der Waals surface area contributed by atoms with Gasteiger partial charge in [0.1, 0.15) is 22.8 Å². The van der Waals surface area contributed by atoms with Crippen LogP contribution in [-0.4, -0.2) is 33.9 Å².